The smallest absolute Gasteiger partial charge is 0.254 e. The number of aliphatic hydroxyl groups is 1. The second-order valence-electron chi connectivity index (χ2n) is 8.44. The number of furan rings is 1. The van der Waals surface area contributed by atoms with E-state index in [-0.39, 0.29) is 12.0 Å². The fraction of sp³-hybridized carbons (Fsp3) is 0.400. The molecule has 3 aromatic rings. The van der Waals surface area contributed by atoms with Gasteiger partial charge in [0, 0.05) is 50.1 Å². The molecule has 0 saturated carbocycles. The van der Waals surface area contributed by atoms with E-state index in [0.717, 1.165) is 60.3 Å². The number of β-amino-alcohol motifs (C(OH)–C–C–N with tert-alkyl or cyclic N) is 1. The van der Waals surface area contributed by atoms with Crippen LogP contribution in [0.5, 0.6) is 0 Å². The van der Waals surface area contributed by atoms with Gasteiger partial charge in [0.2, 0.25) is 0 Å². The van der Waals surface area contributed by atoms with Gasteiger partial charge < -0.3 is 24.1 Å². The van der Waals surface area contributed by atoms with Crippen LogP contribution in [-0.2, 0) is 11.2 Å². The van der Waals surface area contributed by atoms with Gasteiger partial charge in [-0.25, -0.2) is 0 Å². The van der Waals surface area contributed by atoms with E-state index in [9.17, 15) is 9.90 Å². The summed E-state index contributed by atoms with van der Waals surface area (Å²) in [6.45, 7) is 5.14. The highest BCUT2D eigenvalue weighted by Crippen LogP contribution is 2.27. The lowest BCUT2D eigenvalue weighted by Crippen LogP contribution is -2.40. The molecule has 6 heteroatoms. The molecule has 1 amide bonds. The van der Waals surface area contributed by atoms with Crippen LogP contribution in [0.2, 0.25) is 0 Å². The summed E-state index contributed by atoms with van der Waals surface area (Å²) in [7, 11) is 0. The van der Waals surface area contributed by atoms with Crippen molar-refractivity contribution in [3.8, 4) is 11.1 Å². The van der Waals surface area contributed by atoms with Crippen molar-refractivity contribution in [1.29, 1.82) is 0 Å². The minimum atomic E-state index is -0.186. The molecule has 0 bridgehead atoms. The molecule has 5 rings (SSSR count). The molecule has 162 valence electrons. The van der Waals surface area contributed by atoms with Gasteiger partial charge in [0.1, 0.15) is 11.3 Å². The SMILES string of the molecule is O=C(c1ccc(-c2ccc3oc(CCN4CC[C@@H](O)C4)cc3c2)cc1)N1CCOCC1. The maximum Gasteiger partial charge on any atom is 0.254 e. The van der Waals surface area contributed by atoms with Crippen LogP contribution < -0.4 is 0 Å². The largest absolute Gasteiger partial charge is 0.461 e. The molecule has 6 nitrogen and oxygen atoms in total. The van der Waals surface area contributed by atoms with Gasteiger partial charge >= 0.3 is 0 Å². The first-order chi connectivity index (χ1) is 15.2. The summed E-state index contributed by atoms with van der Waals surface area (Å²) >= 11 is 0. The van der Waals surface area contributed by atoms with E-state index in [4.69, 9.17) is 9.15 Å². The lowest BCUT2D eigenvalue weighted by molar-refractivity contribution is 0.0303. The Labute approximate surface area is 182 Å². The molecule has 0 aliphatic carbocycles. The van der Waals surface area contributed by atoms with Gasteiger partial charge in [0.15, 0.2) is 0 Å². The minimum Gasteiger partial charge on any atom is -0.461 e. The number of morpholine rings is 1. The molecule has 31 heavy (non-hydrogen) atoms. The van der Waals surface area contributed by atoms with Crippen molar-refractivity contribution in [3.05, 3.63) is 59.9 Å². The Morgan fingerprint density at radius 3 is 2.52 bits per heavy atom. The number of likely N-dealkylation sites (tertiary alicyclic amines) is 1. The van der Waals surface area contributed by atoms with Crippen molar-refractivity contribution >= 4 is 16.9 Å². The van der Waals surface area contributed by atoms with E-state index in [1.165, 1.54) is 0 Å². The van der Waals surface area contributed by atoms with Gasteiger partial charge in [0.25, 0.3) is 5.91 Å². The third-order valence-corrected chi connectivity index (χ3v) is 6.25. The number of amides is 1. The average molecular weight is 421 g/mol. The Morgan fingerprint density at radius 2 is 1.77 bits per heavy atom. The highest BCUT2D eigenvalue weighted by Gasteiger charge is 2.20. The molecule has 0 unspecified atom stereocenters. The van der Waals surface area contributed by atoms with Crippen LogP contribution >= 0.6 is 0 Å². The predicted octanol–water partition coefficient (Wildman–Crippen LogP) is 3.18. The summed E-state index contributed by atoms with van der Waals surface area (Å²) in [6, 6.07) is 16.2. The molecule has 1 atom stereocenters. The molecular weight excluding hydrogens is 392 g/mol. The summed E-state index contributed by atoms with van der Waals surface area (Å²) in [5.41, 5.74) is 3.78. The van der Waals surface area contributed by atoms with Crippen molar-refractivity contribution in [2.45, 2.75) is 18.9 Å². The average Bonchev–Trinajstić information content (AvgIpc) is 3.42. The first-order valence-electron chi connectivity index (χ1n) is 11.1. The van der Waals surface area contributed by atoms with Crippen molar-refractivity contribution < 1.29 is 19.1 Å². The number of carbonyl (C=O) groups is 1. The summed E-state index contributed by atoms with van der Waals surface area (Å²) in [4.78, 5) is 16.8. The van der Waals surface area contributed by atoms with Gasteiger partial charge in [-0.3, -0.25) is 4.79 Å². The zero-order valence-electron chi connectivity index (χ0n) is 17.6. The Balaban J connectivity index is 1.28. The monoisotopic (exact) mass is 420 g/mol. The molecule has 0 spiro atoms. The number of hydrogen-bond donors (Lipinski definition) is 1. The van der Waals surface area contributed by atoms with Gasteiger partial charge in [-0.1, -0.05) is 18.2 Å². The summed E-state index contributed by atoms with van der Waals surface area (Å²) in [5.74, 6) is 1.04. The fourth-order valence-electron chi connectivity index (χ4n) is 4.44. The first kappa shape index (κ1) is 20.2. The maximum atomic E-state index is 12.6. The summed E-state index contributed by atoms with van der Waals surface area (Å²) in [5, 5.41) is 10.8. The predicted molar refractivity (Wildman–Crippen MR) is 119 cm³/mol. The molecule has 2 aliphatic rings. The molecule has 1 aromatic heterocycles. The van der Waals surface area contributed by atoms with Crippen LogP contribution in [0.1, 0.15) is 22.5 Å². The van der Waals surface area contributed by atoms with Gasteiger partial charge in [-0.15, -0.1) is 0 Å². The van der Waals surface area contributed by atoms with E-state index in [0.29, 0.717) is 31.9 Å². The number of rotatable bonds is 5. The van der Waals surface area contributed by atoms with Gasteiger partial charge in [-0.05, 0) is 47.9 Å². The van der Waals surface area contributed by atoms with Crippen LogP contribution in [0, 0.1) is 0 Å². The molecule has 0 radical (unpaired) electrons. The van der Waals surface area contributed by atoms with E-state index >= 15 is 0 Å². The third kappa shape index (κ3) is 4.51. The van der Waals surface area contributed by atoms with E-state index in [2.05, 4.69) is 23.1 Å². The molecule has 1 N–H and O–H groups in total. The van der Waals surface area contributed by atoms with E-state index in [1.807, 2.05) is 35.2 Å². The Morgan fingerprint density at radius 1 is 1.00 bits per heavy atom. The topological polar surface area (TPSA) is 66.2 Å². The van der Waals surface area contributed by atoms with Gasteiger partial charge in [-0.2, -0.15) is 0 Å². The maximum absolute atomic E-state index is 12.6. The van der Waals surface area contributed by atoms with E-state index < -0.39 is 0 Å². The minimum absolute atomic E-state index is 0.0651. The summed E-state index contributed by atoms with van der Waals surface area (Å²) < 4.78 is 11.3. The van der Waals surface area contributed by atoms with E-state index in [1.54, 1.807) is 0 Å². The van der Waals surface area contributed by atoms with Crippen molar-refractivity contribution in [1.82, 2.24) is 9.80 Å². The number of fused-ring (bicyclic) bond motifs is 1. The highest BCUT2D eigenvalue weighted by molar-refractivity contribution is 5.95. The van der Waals surface area contributed by atoms with Crippen LogP contribution in [-0.4, -0.2) is 72.9 Å². The number of benzene rings is 2. The third-order valence-electron chi connectivity index (χ3n) is 6.25. The zero-order chi connectivity index (χ0) is 21.2. The number of ether oxygens (including phenoxy) is 1. The zero-order valence-corrected chi connectivity index (χ0v) is 17.6. The van der Waals surface area contributed by atoms with Crippen LogP contribution in [0.25, 0.3) is 22.1 Å². The molecule has 2 saturated heterocycles. The normalized spacial score (nSPS) is 19.9. The first-order valence-corrected chi connectivity index (χ1v) is 11.1. The second kappa shape index (κ2) is 8.83. The van der Waals surface area contributed by atoms with Crippen LogP contribution in [0.3, 0.4) is 0 Å². The molecule has 3 heterocycles. The second-order valence-corrected chi connectivity index (χ2v) is 8.44. The standard InChI is InChI=1S/C25H28N2O4/c28-22-7-9-26(17-22)10-8-23-16-21-15-20(5-6-24(21)31-23)18-1-3-19(4-2-18)25(29)27-11-13-30-14-12-27/h1-6,15-16,22,28H,7-14,17H2/t22-/m1/s1. The molecule has 2 fully saturated rings. The Bertz CT molecular complexity index is 1050. The van der Waals surface area contributed by atoms with Crippen molar-refractivity contribution in [3.63, 3.8) is 0 Å². The lowest BCUT2D eigenvalue weighted by atomic mass is 10.0. The van der Waals surface area contributed by atoms with Crippen molar-refractivity contribution in [2.75, 3.05) is 45.9 Å². The molecule has 2 aliphatic heterocycles. The fourth-order valence-corrected chi connectivity index (χ4v) is 4.44. The molecule has 2 aromatic carbocycles. The van der Waals surface area contributed by atoms with Crippen LogP contribution in [0.4, 0.5) is 0 Å². The lowest BCUT2D eigenvalue weighted by Gasteiger charge is -2.26. The quantitative estimate of drug-likeness (QED) is 0.687. The number of aliphatic hydroxyl groups excluding tert-OH is 1. The highest BCUT2D eigenvalue weighted by atomic mass is 16.5. The van der Waals surface area contributed by atoms with Crippen molar-refractivity contribution in [2.24, 2.45) is 0 Å². The Kier molecular flexibility index (Phi) is 5.76. The number of nitrogens with zero attached hydrogens (tertiary/aromatic N) is 2. The van der Waals surface area contributed by atoms with Gasteiger partial charge in [0.05, 0.1) is 19.3 Å². The Hall–Kier alpha value is -2.67. The number of carbonyl (C=O) groups excluding carboxylic acids is 1. The number of hydrogen-bond acceptors (Lipinski definition) is 5. The molecular formula is C25H28N2O4. The van der Waals surface area contributed by atoms with Crippen LogP contribution in [0.15, 0.2) is 52.9 Å². The summed E-state index contributed by atoms with van der Waals surface area (Å²) in [6.07, 6.45) is 1.52.